The van der Waals surface area contributed by atoms with Crippen molar-refractivity contribution < 1.29 is 14.1 Å². The predicted molar refractivity (Wildman–Crippen MR) is 148 cm³/mol. The molecule has 2 fully saturated rings. The Bertz CT molecular complexity index is 1450. The summed E-state index contributed by atoms with van der Waals surface area (Å²) in [5, 5.41) is 15.6. The van der Waals surface area contributed by atoms with E-state index in [0.29, 0.717) is 22.2 Å². The van der Waals surface area contributed by atoms with E-state index in [9.17, 15) is 10.1 Å². The summed E-state index contributed by atoms with van der Waals surface area (Å²) in [5.74, 6) is 1.88. The van der Waals surface area contributed by atoms with Gasteiger partial charge in [0.25, 0.3) is 5.69 Å². The zero-order chi connectivity index (χ0) is 26.1. The number of rotatable bonds is 7. The maximum absolute atomic E-state index is 11.6. The molecule has 2 unspecified atom stereocenters. The highest BCUT2D eigenvalue weighted by Gasteiger charge is 2.42. The van der Waals surface area contributed by atoms with Gasteiger partial charge in [0, 0.05) is 18.0 Å². The van der Waals surface area contributed by atoms with Crippen LogP contribution in [0.5, 0.6) is 5.75 Å². The molecule has 0 spiro atoms. The number of para-hydroxylation sites is 1. The number of nitro groups is 1. The number of ether oxygens (including phenoxy) is 1. The minimum Gasteiger partial charge on any atom is -0.490 e. The summed E-state index contributed by atoms with van der Waals surface area (Å²) in [7, 11) is 0. The summed E-state index contributed by atoms with van der Waals surface area (Å²) in [4.78, 5) is 17.8. The number of anilines is 1. The summed E-state index contributed by atoms with van der Waals surface area (Å²) >= 11 is 5.81. The van der Waals surface area contributed by atoms with Gasteiger partial charge in [0.2, 0.25) is 0 Å². The van der Waals surface area contributed by atoms with Crippen molar-refractivity contribution in [1.29, 1.82) is 0 Å². The summed E-state index contributed by atoms with van der Waals surface area (Å²) in [5.41, 5.74) is 2.11. The lowest BCUT2D eigenvalue weighted by atomic mass is 10.0. The second kappa shape index (κ2) is 10.3. The molecule has 0 radical (unpaired) electrons. The van der Waals surface area contributed by atoms with Crippen LogP contribution in [0.3, 0.4) is 0 Å². The number of pyridine rings is 1. The molecule has 38 heavy (non-hydrogen) atoms. The number of benzene rings is 2. The van der Waals surface area contributed by atoms with E-state index in [0.717, 1.165) is 30.0 Å². The Hall–Kier alpha value is -4.24. The number of aromatic nitrogens is 1. The number of furan rings is 1. The molecule has 6 rings (SSSR count). The Morgan fingerprint density at radius 2 is 1.76 bits per heavy atom. The van der Waals surface area contributed by atoms with Gasteiger partial charge in [0.15, 0.2) is 5.11 Å². The normalized spacial score (nSPS) is 19.5. The molecule has 1 aliphatic heterocycles. The van der Waals surface area contributed by atoms with Gasteiger partial charge in [-0.05, 0) is 92.5 Å². The minimum absolute atomic E-state index is 0.00977. The Balaban J connectivity index is 1.37. The zero-order valence-electron chi connectivity index (χ0n) is 20.5. The van der Waals surface area contributed by atoms with Crippen molar-refractivity contribution >= 4 is 28.7 Å². The lowest BCUT2D eigenvalue weighted by Crippen LogP contribution is -2.29. The molecule has 1 saturated carbocycles. The van der Waals surface area contributed by atoms with Crippen molar-refractivity contribution in [2.24, 2.45) is 0 Å². The fraction of sp³-hybridized carbons (Fsp3) is 0.241. The number of hydrogen-bond acceptors (Lipinski definition) is 6. The molecule has 3 heterocycles. The van der Waals surface area contributed by atoms with Crippen LogP contribution in [0.1, 0.15) is 49.2 Å². The van der Waals surface area contributed by atoms with Crippen molar-refractivity contribution in [2.75, 3.05) is 4.90 Å². The first-order valence-corrected chi connectivity index (χ1v) is 13.1. The maximum Gasteiger partial charge on any atom is 0.280 e. The van der Waals surface area contributed by atoms with Crippen LogP contribution in [0.2, 0.25) is 0 Å². The Morgan fingerprint density at radius 3 is 2.50 bits per heavy atom. The van der Waals surface area contributed by atoms with Crippen LogP contribution >= 0.6 is 12.2 Å². The number of nitrogens with zero attached hydrogens (tertiary/aromatic N) is 3. The Labute approximate surface area is 225 Å². The molecule has 1 saturated heterocycles. The molecule has 1 aliphatic carbocycles. The average Bonchev–Trinajstić information content (AvgIpc) is 3.70. The molecule has 192 valence electrons. The number of nitro benzene ring substituents is 1. The number of hydrogen-bond donors (Lipinski definition) is 1. The SMILES string of the molecule is O=[N+]([O-])c1ccccc1-c1ccc(C2C(c3ccccn3)NC(=S)N2c2ccc(OC3CCCC3)cc2)o1. The van der Waals surface area contributed by atoms with Crippen LogP contribution < -0.4 is 15.0 Å². The predicted octanol–water partition coefficient (Wildman–Crippen LogP) is 6.75. The first kappa shape index (κ1) is 24.1. The van der Waals surface area contributed by atoms with Crippen molar-refractivity contribution in [3.8, 4) is 17.1 Å². The largest absolute Gasteiger partial charge is 0.490 e. The zero-order valence-corrected chi connectivity index (χ0v) is 21.3. The first-order valence-electron chi connectivity index (χ1n) is 12.7. The third-order valence-electron chi connectivity index (χ3n) is 7.10. The summed E-state index contributed by atoms with van der Waals surface area (Å²) in [6, 6.07) is 23.2. The summed E-state index contributed by atoms with van der Waals surface area (Å²) in [6.45, 7) is 0. The van der Waals surface area contributed by atoms with Gasteiger partial charge in [-0.3, -0.25) is 15.1 Å². The van der Waals surface area contributed by atoms with Gasteiger partial charge in [-0.15, -0.1) is 0 Å². The second-order valence-corrected chi connectivity index (χ2v) is 9.88. The van der Waals surface area contributed by atoms with Crippen molar-refractivity contribution in [3.63, 3.8) is 0 Å². The van der Waals surface area contributed by atoms with Crippen LogP contribution in [0.4, 0.5) is 11.4 Å². The van der Waals surface area contributed by atoms with Gasteiger partial charge < -0.3 is 19.4 Å². The van der Waals surface area contributed by atoms with Crippen molar-refractivity contribution in [2.45, 2.75) is 43.9 Å². The van der Waals surface area contributed by atoms with Crippen molar-refractivity contribution in [1.82, 2.24) is 10.3 Å². The molecule has 2 atom stereocenters. The minimum atomic E-state index is -0.401. The Morgan fingerprint density at radius 1 is 1.00 bits per heavy atom. The van der Waals surface area contributed by atoms with Crippen LogP contribution in [-0.2, 0) is 0 Å². The smallest absolute Gasteiger partial charge is 0.280 e. The highest BCUT2D eigenvalue weighted by atomic mass is 32.1. The quantitative estimate of drug-likeness (QED) is 0.161. The van der Waals surface area contributed by atoms with E-state index >= 15 is 0 Å². The lowest BCUT2D eigenvalue weighted by molar-refractivity contribution is -0.384. The standard InChI is InChI=1S/C29H26N4O4S/c34-33(35)24-11-4-3-9-22(24)25-16-17-26(37-25)28-27(23-10-5-6-18-30-23)31-29(38)32(28)19-12-14-21(15-13-19)36-20-7-1-2-8-20/h3-6,9-18,20,27-28H,1-2,7-8H2,(H,31,38). The van der Waals surface area contributed by atoms with Crippen LogP contribution in [-0.4, -0.2) is 21.1 Å². The fourth-order valence-corrected chi connectivity index (χ4v) is 5.65. The van der Waals surface area contributed by atoms with E-state index in [4.69, 9.17) is 21.4 Å². The molecule has 2 aromatic heterocycles. The molecule has 2 aliphatic rings. The van der Waals surface area contributed by atoms with Gasteiger partial charge >= 0.3 is 0 Å². The van der Waals surface area contributed by atoms with E-state index < -0.39 is 4.92 Å². The molecule has 1 N–H and O–H groups in total. The van der Waals surface area contributed by atoms with E-state index in [1.807, 2.05) is 53.4 Å². The van der Waals surface area contributed by atoms with Crippen LogP contribution in [0.25, 0.3) is 11.3 Å². The van der Waals surface area contributed by atoms with E-state index in [-0.39, 0.29) is 23.9 Å². The number of nitrogens with one attached hydrogen (secondary N) is 1. The highest BCUT2D eigenvalue weighted by Crippen LogP contribution is 2.44. The molecule has 8 nitrogen and oxygen atoms in total. The van der Waals surface area contributed by atoms with Crippen molar-refractivity contribution in [3.05, 3.63) is 107 Å². The topological polar surface area (TPSA) is 93.7 Å². The summed E-state index contributed by atoms with van der Waals surface area (Å²) < 4.78 is 12.5. The van der Waals surface area contributed by atoms with E-state index in [1.165, 1.54) is 18.9 Å². The molecule has 9 heteroatoms. The molecule has 0 bridgehead atoms. The van der Waals surface area contributed by atoms with E-state index in [2.05, 4.69) is 10.3 Å². The van der Waals surface area contributed by atoms with Gasteiger partial charge in [0.05, 0.1) is 28.3 Å². The molecule has 4 aromatic rings. The first-order chi connectivity index (χ1) is 18.6. The highest BCUT2D eigenvalue weighted by molar-refractivity contribution is 7.80. The molecular weight excluding hydrogens is 500 g/mol. The average molecular weight is 527 g/mol. The Kier molecular flexibility index (Phi) is 6.51. The van der Waals surface area contributed by atoms with Gasteiger partial charge in [0.1, 0.15) is 23.3 Å². The number of thiocarbonyl (C=S) groups is 1. The van der Waals surface area contributed by atoms with E-state index in [1.54, 1.807) is 30.5 Å². The van der Waals surface area contributed by atoms with Crippen LogP contribution in [0.15, 0.2) is 89.5 Å². The third-order valence-corrected chi connectivity index (χ3v) is 7.42. The maximum atomic E-state index is 11.6. The fourth-order valence-electron chi connectivity index (χ4n) is 5.30. The van der Waals surface area contributed by atoms with Gasteiger partial charge in [-0.2, -0.15) is 0 Å². The molecular formula is C29H26N4O4S. The van der Waals surface area contributed by atoms with Gasteiger partial charge in [-0.25, -0.2) is 0 Å². The second-order valence-electron chi connectivity index (χ2n) is 9.49. The third kappa shape index (κ3) is 4.61. The van der Waals surface area contributed by atoms with Gasteiger partial charge in [-0.1, -0.05) is 18.2 Å². The van der Waals surface area contributed by atoms with Crippen LogP contribution in [0, 0.1) is 10.1 Å². The summed E-state index contributed by atoms with van der Waals surface area (Å²) in [6.07, 6.45) is 6.64. The lowest BCUT2D eigenvalue weighted by Gasteiger charge is -2.26. The monoisotopic (exact) mass is 526 g/mol. The molecule has 2 aromatic carbocycles. The molecule has 0 amide bonds.